The van der Waals surface area contributed by atoms with Crippen LogP contribution in [0.5, 0.6) is 0 Å². The van der Waals surface area contributed by atoms with Crippen LogP contribution in [0.4, 0.5) is 22.0 Å². The van der Waals surface area contributed by atoms with Crippen molar-refractivity contribution in [3.63, 3.8) is 0 Å². The van der Waals surface area contributed by atoms with E-state index in [1.54, 1.807) is 0 Å². The quantitative estimate of drug-likeness (QED) is 0.628. The third-order valence-corrected chi connectivity index (χ3v) is 1.30. The Labute approximate surface area is 72.9 Å². The van der Waals surface area contributed by atoms with Gasteiger partial charge in [-0.15, -0.1) is 0 Å². The minimum Gasteiger partial charge on any atom is -0.378 e. The maximum atomic E-state index is 11.8. The zero-order valence-corrected chi connectivity index (χ0v) is 7.07. The smallest absolute Gasteiger partial charge is 0.378 e. The monoisotopic (exact) mass is 206 g/mol. The van der Waals surface area contributed by atoms with Crippen molar-refractivity contribution in [2.45, 2.75) is 38.5 Å². The van der Waals surface area contributed by atoms with E-state index in [1.165, 1.54) is 6.92 Å². The van der Waals surface area contributed by atoms with Gasteiger partial charge in [0.1, 0.15) is 0 Å². The van der Waals surface area contributed by atoms with Gasteiger partial charge in [0.2, 0.25) is 6.43 Å². The molecule has 0 radical (unpaired) electrons. The summed E-state index contributed by atoms with van der Waals surface area (Å²) in [4.78, 5) is 0. The average molecular weight is 206 g/mol. The Balaban J connectivity index is 3.94. The van der Waals surface area contributed by atoms with Gasteiger partial charge in [-0.05, 0) is 6.92 Å². The van der Waals surface area contributed by atoms with E-state index in [9.17, 15) is 22.0 Å². The molecule has 0 N–H and O–H groups in total. The van der Waals surface area contributed by atoms with E-state index in [-0.39, 0.29) is 6.61 Å². The van der Waals surface area contributed by atoms with Crippen molar-refractivity contribution in [2.75, 3.05) is 6.61 Å². The molecule has 0 spiro atoms. The van der Waals surface area contributed by atoms with Crippen LogP contribution in [0, 0.1) is 0 Å². The highest BCUT2D eigenvalue weighted by molar-refractivity contribution is 4.65. The number of ether oxygens (including phenoxy) is 1. The van der Waals surface area contributed by atoms with Crippen LogP contribution in [0.2, 0.25) is 0 Å². The van der Waals surface area contributed by atoms with Gasteiger partial charge in [0.15, 0.2) is 0 Å². The van der Waals surface area contributed by atoms with Crippen molar-refractivity contribution < 1.29 is 26.7 Å². The van der Waals surface area contributed by atoms with Crippen LogP contribution >= 0.6 is 0 Å². The van der Waals surface area contributed by atoms with E-state index in [0.29, 0.717) is 0 Å². The fourth-order valence-corrected chi connectivity index (χ4v) is 0.903. The Kier molecular flexibility index (Phi) is 5.20. The molecule has 0 aliphatic carbocycles. The van der Waals surface area contributed by atoms with Crippen LogP contribution in [-0.4, -0.2) is 25.3 Å². The summed E-state index contributed by atoms with van der Waals surface area (Å²) in [5, 5.41) is 0. The van der Waals surface area contributed by atoms with Gasteiger partial charge in [0.25, 0.3) is 0 Å². The van der Waals surface area contributed by atoms with Gasteiger partial charge in [-0.3, -0.25) is 0 Å². The molecule has 1 atom stereocenters. The molecule has 0 saturated heterocycles. The summed E-state index contributed by atoms with van der Waals surface area (Å²) in [6.07, 6.45) is -10.8. The van der Waals surface area contributed by atoms with E-state index in [4.69, 9.17) is 0 Å². The van der Waals surface area contributed by atoms with Crippen molar-refractivity contribution in [2.24, 2.45) is 0 Å². The van der Waals surface area contributed by atoms with Crippen LogP contribution in [0.15, 0.2) is 0 Å². The van der Waals surface area contributed by atoms with Crippen LogP contribution in [-0.2, 0) is 4.74 Å². The number of hydrogen-bond donors (Lipinski definition) is 0. The SMILES string of the molecule is CCOC(CC(F)F)CC(F)(F)F. The third-order valence-electron chi connectivity index (χ3n) is 1.30. The molecule has 0 aliphatic rings. The van der Waals surface area contributed by atoms with Crippen molar-refractivity contribution in [3.05, 3.63) is 0 Å². The summed E-state index contributed by atoms with van der Waals surface area (Å²) in [5.74, 6) is 0. The molecule has 6 heteroatoms. The van der Waals surface area contributed by atoms with Gasteiger partial charge >= 0.3 is 6.18 Å². The highest BCUT2D eigenvalue weighted by Crippen LogP contribution is 2.25. The fraction of sp³-hybridized carbons (Fsp3) is 1.00. The Morgan fingerprint density at radius 1 is 1.23 bits per heavy atom. The van der Waals surface area contributed by atoms with Gasteiger partial charge < -0.3 is 4.74 Å². The van der Waals surface area contributed by atoms with Crippen molar-refractivity contribution in [1.82, 2.24) is 0 Å². The Morgan fingerprint density at radius 3 is 2.08 bits per heavy atom. The highest BCUT2D eigenvalue weighted by atomic mass is 19.4. The molecule has 0 saturated carbocycles. The first-order valence-electron chi connectivity index (χ1n) is 3.81. The molecule has 1 nitrogen and oxygen atoms in total. The number of hydrogen-bond acceptors (Lipinski definition) is 1. The Hall–Kier alpha value is -0.390. The molecule has 13 heavy (non-hydrogen) atoms. The second-order valence-corrected chi connectivity index (χ2v) is 2.52. The highest BCUT2D eigenvalue weighted by Gasteiger charge is 2.33. The minimum atomic E-state index is -4.45. The lowest BCUT2D eigenvalue weighted by Gasteiger charge is -2.17. The molecule has 0 bridgehead atoms. The van der Waals surface area contributed by atoms with E-state index in [1.807, 2.05) is 0 Å². The molecule has 80 valence electrons. The molecule has 0 heterocycles. The van der Waals surface area contributed by atoms with Gasteiger partial charge in [-0.1, -0.05) is 0 Å². The lowest BCUT2D eigenvalue weighted by molar-refractivity contribution is -0.164. The first-order chi connectivity index (χ1) is 5.85. The average Bonchev–Trinajstić information content (AvgIpc) is 1.81. The van der Waals surface area contributed by atoms with Crippen LogP contribution < -0.4 is 0 Å². The molecule has 0 fully saturated rings. The predicted octanol–water partition coefficient (Wildman–Crippen LogP) is 3.00. The standard InChI is InChI=1S/C7H11F5O/c1-2-13-5(3-6(8)9)4-7(10,11)12/h5-6H,2-4H2,1H3. The predicted molar refractivity (Wildman–Crippen MR) is 36.7 cm³/mol. The van der Waals surface area contributed by atoms with Gasteiger partial charge in [-0.2, -0.15) is 13.2 Å². The van der Waals surface area contributed by atoms with Crippen LogP contribution in [0.25, 0.3) is 0 Å². The van der Waals surface area contributed by atoms with E-state index in [0.717, 1.165) is 0 Å². The van der Waals surface area contributed by atoms with Gasteiger partial charge in [-0.25, -0.2) is 8.78 Å². The lowest BCUT2D eigenvalue weighted by atomic mass is 10.2. The van der Waals surface area contributed by atoms with Crippen LogP contribution in [0.1, 0.15) is 19.8 Å². The Morgan fingerprint density at radius 2 is 1.77 bits per heavy atom. The normalized spacial score (nSPS) is 15.0. The number of halogens is 5. The van der Waals surface area contributed by atoms with Crippen molar-refractivity contribution in [3.8, 4) is 0 Å². The summed E-state index contributed by atoms with van der Waals surface area (Å²) in [6.45, 7) is 1.47. The summed E-state index contributed by atoms with van der Waals surface area (Å²) in [5.41, 5.74) is 0. The topological polar surface area (TPSA) is 9.23 Å². The second kappa shape index (κ2) is 5.36. The molecule has 0 amide bonds. The van der Waals surface area contributed by atoms with Crippen LogP contribution in [0.3, 0.4) is 0 Å². The summed E-state index contributed by atoms with van der Waals surface area (Å²) in [6, 6.07) is 0. The molecule has 1 unspecified atom stereocenters. The number of alkyl halides is 5. The van der Waals surface area contributed by atoms with Crippen molar-refractivity contribution in [1.29, 1.82) is 0 Å². The first-order valence-corrected chi connectivity index (χ1v) is 3.81. The zero-order valence-electron chi connectivity index (χ0n) is 7.07. The molecular formula is C7H11F5O. The molecule has 0 aromatic rings. The molecule has 0 rings (SSSR count). The van der Waals surface area contributed by atoms with E-state index >= 15 is 0 Å². The largest absolute Gasteiger partial charge is 0.391 e. The van der Waals surface area contributed by atoms with Crippen molar-refractivity contribution >= 4 is 0 Å². The van der Waals surface area contributed by atoms with E-state index in [2.05, 4.69) is 4.74 Å². The van der Waals surface area contributed by atoms with E-state index < -0.39 is 31.5 Å². The molecule has 0 aromatic carbocycles. The van der Waals surface area contributed by atoms with Gasteiger partial charge in [0.05, 0.1) is 12.5 Å². The lowest BCUT2D eigenvalue weighted by Crippen LogP contribution is -2.24. The molecule has 0 aliphatic heterocycles. The Bertz CT molecular complexity index is 133. The van der Waals surface area contributed by atoms with Gasteiger partial charge in [0, 0.05) is 13.0 Å². The maximum Gasteiger partial charge on any atom is 0.391 e. The first kappa shape index (κ1) is 12.6. The summed E-state index contributed by atoms with van der Waals surface area (Å²) >= 11 is 0. The number of rotatable bonds is 5. The summed E-state index contributed by atoms with van der Waals surface area (Å²) < 4.78 is 63.3. The zero-order chi connectivity index (χ0) is 10.5. The fourth-order valence-electron chi connectivity index (χ4n) is 0.903. The third kappa shape index (κ3) is 7.95. The summed E-state index contributed by atoms with van der Waals surface area (Å²) in [7, 11) is 0. The molecule has 0 aromatic heterocycles. The maximum absolute atomic E-state index is 11.8. The minimum absolute atomic E-state index is 0.00741. The molecular weight excluding hydrogens is 195 g/mol. The second-order valence-electron chi connectivity index (χ2n) is 2.52.